The van der Waals surface area contributed by atoms with Gasteiger partial charge in [-0.1, -0.05) is 6.92 Å². The van der Waals surface area contributed by atoms with Crippen molar-refractivity contribution in [3.05, 3.63) is 0 Å². The number of carbonyl (C=O) groups excluding carboxylic acids is 2. The lowest BCUT2D eigenvalue weighted by molar-refractivity contribution is -0.137. The van der Waals surface area contributed by atoms with Gasteiger partial charge < -0.3 is 15.5 Å². The van der Waals surface area contributed by atoms with E-state index in [9.17, 15) is 9.59 Å². The molecule has 2 rings (SSSR count). The van der Waals surface area contributed by atoms with Crippen LogP contribution < -0.4 is 10.6 Å². The first-order valence-corrected chi connectivity index (χ1v) is 8.87. The molecule has 2 amide bonds. The maximum Gasteiger partial charge on any atom is 0.244 e. The number of hydrogen-bond donors (Lipinski definition) is 2. The van der Waals surface area contributed by atoms with Gasteiger partial charge in [0, 0.05) is 19.5 Å². The van der Waals surface area contributed by atoms with Crippen molar-refractivity contribution in [3.63, 3.8) is 0 Å². The lowest BCUT2D eigenvalue weighted by Gasteiger charge is -2.30. The van der Waals surface area contributed by atoms with Gasteiger partial charge in [-0.25, -0.2) is 0 Å². The molecule has 5 heteroatoms. The van der Waals surface area contributed by atoms with Gasteiger partial charge in [-0.15, -0.1) is 0 Å². The van der Waals surface area contributed by atoms with Crippen LogP contribution >= 0.6 is 0 Å². The fourth-order valence-electron chi connectivity index (χ4n) is 3.57. The Hall–Kier alpha value is -1.10. The van der Waals surface area contributed by atoms with Crippen molar-refractivity contribution in [2.24, 2.45) is 11.8 Å². The zero-order chi connectivity index (χ0) is 15.9. The van der Waals surface area contributed by atoms with Crippen LogP contribution in [0.4, 0.5) is 0 Å². The molecule has 2 aliphatic heterocycles. The van der Waals surface area contributed by atoms with Gasteiger partial charge in [0.2, 0.25) is 11.8 Å². The Morgan fingerprint density at radius 3 is 2.55 bits per heavy atom. The van der Waals surface area contributed by atoms with E-state index in [4.69, 9.17) is 0 Å². The summed E-state index contributed by atoms with van der Waals surface area (Å²) in [7, 11) is 0. The SMILES string of the molecule is CC(NC(=O)CC(C)C1CCCNC1)C(=O)N1CCCCC1. The smallest absolute Gasteiger partial charge is 0.244 e. The minimum atomic E-state index is -0.401. The Labute approximate surface area is 134 Å². The molecular formula is C17H31N3O2. The first-order chi connectivity index (χ1) is 10.6. The lowest BCUT2D eigenvalue weighted by Crippen LogP contribution is -2.49. The molecule has 22 heavy (non-hydrogen) atoms. The summed E-state index contributed by atoms with van der Waals surface area (Å²) in [6.07, 6.45) is 6.28. The maximum atomic E-state index is 12.3. The highest BCUT2D eigenvalue weighted by Crippen LogP contribution is 2.22. The third kappa shape index (κ3) is 4.97. The standard InChI is InChI=1S/C17H31N3O2/c1-13(15-7-6-8-18-12-15)11-16(21)19-14(2)17(22)20-9-4-3-5-10-20/h13-15,18H,3-12H2,1-2H3,(H,19,21). The summed E-state index contributed by atoms with van der Waals surface area (Å²) in [5.74, 6) is 1.02. The number of hydrogen-bond acceptors (Lipinski definition) is 3. The number of nitrogens with one attached hydrogen (secondary N) is 2. The predicted octanol–water partition coefficient (Wildman–Crippen LogP) is 1.53. The molecule has 5 nitrogen and oxygen atoms in total. The van der Waals surface area contributed by atoms with Gasteiger partial charge >= 0.3 is 0 Å². The summed E-state index contributed by atoms with van der Waals surface area (Å²) in [6.45, 7) is 7.73. The largest absolute Gasteiger partial charge is 0.345 e. The van der Waals surface area contributed by atoms with Crippen LogP contribution in [0.1, 0.15) is 52.4 Å². The minimum absolute atomic E-state index is 0.0101. The Bertz CT molecular complexity index is 374. The number of likely N-dealkylation sites (tertiary alicyclic amines) is 1. The fourth-order valence-corrected chi connectivity index (χ4v) is 3.57. The van der Waals surface area contributed by atoms with Crippen LogP contribution in [0, 0.1) is 11.8 Å². The highest BCUT2D eigenvalue weighted by Gasteiger charge is 2.26. The average Bonchev–Trinajstić information content (AvgIpc) is 2.55. The zero-order valence-electron chi connectivity index (χ0n) is 14.1. The fraction of sp³-hybridized carbons (Fsp3) is 0.882. The Morgan fingerprint density at radius 2 is 1.91 bits per heavy atom. The first-order valence-electron chi connectivity index (χ1n) is 8.87. The third-order valence-electron chi connectivity index (χ3n) is 5.06. The van der Waals surface area contributed by atoms with Crippen molar-refractivity contribution in [2.45, 2.75) is 58.4 Å². The number of carbonyl (C=O) groups is 2. The lowest BCUT2D eigenvalue weighted by atomic mass is 9.85. The van der Waals surface area contributed by atoms with E-state index in [2.05, 4.69) is 17.6 Å². The van der Waals surface area contributed by atoms with Gasteiger partial charge in [0.25, 0.3) is 0 Å². The van der Waals surface area contributed by atoms with Gasteiger partial charge in [0.05, 0.1) is 0 Å². The quantitative estimate of drug-likeness (QED) is 0.809. The normalized spacial score (nSPS) is 25.4. The zero-order valence-corrected chi connectivity index (χ0v) is 14.1. The molecule has 0 radical (unpaired) electrons. The van der Waals surface area contributed by atoms with E-state index in [-0.39, 0.29) is 11.8 Å². The summed E-state index contributed by atoms with van der Waals surface area (Å²) in [6, 6.07) is -0.401. The third-order valence-corrected chi connectivity index (χ3v) is 5.06. The summed E-state index contributed by atoms with van der Waals surface area (Å²) < 4.78 is 0. The summed E-state index contributed by atoms with van der Waals surface area (Å²) >= 11 is 0. The molecule has 0 spiro atoms. The molecule has 2 aliphatic rings. The number of piperidine rings is 2. The first kappa shape index (κ1) is 17.3. The van der Waals surface area contributed by atoms with E-state index in [0.29, 0.717) is 18.3 Å². The molecule has 0 aromatic heterocycles. The van der Waals surface area contributed by atoms with Crippen LogP contribution in [0.25, 0.3) is 0 Å². The van der Waals surface area contributed by atoms with Crippen LogP contribution in [0.5, 0.6) is 0 Å². The molecule has 0 aromatic carbocycles. The maximum absolute atomic E-state index is 12.3. The second-order valence-electron chi connectivity index (χ2n) is 6.96. The number of amides is 2. The van der Waals surface area contributed by atoms with Gasteiger partial charge in [0.1, 0.15) is 6.04 Å². The van der Waals surface area contributed by atoms with Gasteiger partial charge in [0.15, 0.2) is 0 Å². The monoisotopic (exact) mass is 309 g/mol. The second-order valence-corrected chi connectivity index (χ2v) is 6.96. The van der Waals surface area contributed by atoms with E-state index in [1.165, 1.54) is 19.3 Å². The van der Waals surface area contributed by atoms with Crippen molar-refractivity contribution in [2.75, 3.05) is 26.2 Å². The van der Waals surface area contributed by atoms with Crippen LogP contribution in [-0.4, -0.2) is 48.9 Å². The molecule has 0 aromatic rings. The summed E-state index contributed by atoms with van der Waals surface area (Å²) in [5.41, 5.74) is 0. The molecule has 3 atom stereocenters. The van der Waals surface area contributed by atoms with E-state index < -0.39 is 6.04 Å². The molecular weight excluding hydrogens is 278 g/mol. The molecule has 0 saturated carbocycles. The van der Waals surface area contributed by atoms with E-state index in [1.807, 2.05) is 11.8 Å². The Kier molecular flexibility index (Phi) is 6.68. The molecule has 2 saturated heterocycles. The molecule has 126 valence electrons. The summed E-state index contributed by atoms with van der Waals surface area (Å²) in [4.78, 5) is 26.4. The predicted molar refractivity (Wildman–Crippen MR) is 87.4 cm³/mol. The highest BCUT2D eigenvalue weighted by molar-refractivity contribution is 5.87. The summed E-state index contributed by atoms with van der Waals surface area (Å²) in [5, 5.41) is 6.29. The molecule has 3 unspecified atom stereocenters. The molecule has 0 bridgehead atoms. The highest BCUT2D eigenvalue weighted by atomic mass is 16.2. The van der Waals surface area contributed by atoms with Crippen LogP contribution in [0.3, 0.4) is 0 Å². The van der Waals surface area contributed by atoms with Crippen LogP contribution in [0.2, 0.25) is 0 Å². The topological polar surface area (TPSA) is 61.4 Å². The van der Waals surface area contributed by atoms with E-state index in [0.717, 1.165) is 39.0 Å². The number of nitrogens with zero attached hydrogens (tertiary/aromatic N) is 1. The van der Waals surface area contributed by atoms with Gasteiger partial charge in [-0.3, -0.25) is 9.59 Å². The molecule has 2 N–H and O–H groups in total. The van der Waals surface area contributed by atoms with Crippen LogP contribution in [-0.2, 0) is 9.59 Å². The Morgan fingerprint density at radius 1 is 1.18 bits per heavy atom. The van der Waals surface area contributed by atoms with Crippen molar-refractivity contribution in [1.29, 1.82) is 0 Å². The van der Waals surface area contributed by atoms with Crippen molar-refractivity contribution < 1.29 is 9.59 Å². The van der Waals surface area contributed by atoms with Crippen molar-refractivity contribution >= 4 is 11.8 Å². The molecule has 2 heterocycles. The number of rotatable bonds is 5. The van der Waals surface area contributed by atoms with Gasteiger partial charge in [-0.05, 0) is 64.0 Å². The van der Waals surface area contributed by atoms with Crippen LogP contribution in [0.15, 0.2) is 0 Å². The average molecular weight is 309 g/mol. The Balaban J connectivity index is 1.74. The van der Waals surface area contributed by atoms with Crippen molar-refractivity contribution in [3.8, 4) is 0 Å². The molecule has 0 aliphatic carbocycles. The van der Waals surface area contributed by atoms with E-state index >= 15 is 0 Å². The minimum Gasteiger partial charge on any atom is -0.345 e. The van der Waals surface area contributed by atoms with Gasteiger partial charge in [-0.2, -0.15) is 0 Å². The van der Waals surface area contributed by atoms with E-state index in [1.54, 1.807) is 0 Å². The second kappa shape index (κ2) is 8.51. The molecule has 2 fully saturated rings. The van der Waals surface area contributed by atoms with Crippen molar-refractivity contribution in [1.82, 2.24) is 15.5 Å².